The van der Waals surface area contributed by atoms with Crippen LogP contribution in [0.2, 0.25) is 0 Å². The van der Waals surface area contributed by atoms with Crippen LogP contribution in [0.25, 0.3) is 10.8 Å². The number of rotatable bonds is 2. The Balaban J connectivity index is 1.50. The van der Waals surface area contributed by atoms with Gasteiger partial charge in [-0.05, 0) is 22.4 Å². The summed E-state index contributed by atoms with van der Waals surface area (Å²) >= 11 is 0. The Morgan fingerprint density at radius 3 is 2.52 bits per heavy atom. The SMILES string of the molecule is Cn1[nH]cc(C2C(O)C(C=C3Nc4ccc5ccccc5c4C3(C)C)C2O)c1=O. The van der Waals surface area contributed by atoms with Gasteiger partial charge in [-0.3, -0.25) is 9.48 Å². The number of hydrogen-bond acceptors (Lipinski definition) is 4. The molecule has 5 rings (SSSR count). The zero-order valence-electron chi connectivity index (χ0n) is 16.7. The van der Waals surface area contributed by atoms with Crippen LogP contribution in [0.1, 0.15) is 30.9 Å². The van der Waals surface area contributed by atoms with E-state index in [2.05, 4.69) is 48.5 Å². The minimum atomic E-state index is -0.806. The van der Waals surface area contributed by atoms with E-state index in [-0.39, 0.29) is 11.0 Å². The van der Waals surface area contributed by atoms with Crippen molar-refractivity contribution in [2.75, 3.05) is 5.32 Å². The maximum Gasteiger partial charge on any atom is 0.269 e. The molecule has 150 valence electrons. The molecule has 1 saturated carbocycles. The summed E-state index contributed by atoms with van der Waals surface area (Å²) in [7, 11) is 1.62. The number of fused-ring (bicyclic) bond motifs is 3. The van der Waals surface area contributed by atoms with Crippen LogP contribution in [0.15, 0.2) is 59.2 Å². The zero-order valence-corrected chi connectivity index (χ0v) is 16.7. The number of aliphatic hydroxyl groups is 2. The molecule has 2 aliphatic rings. The number of nitrogens with one attached hydrogen (secondary N) is 2. The molecule has 1 aliphatic carbocycles. The van der Waals surface area contributed by atoms with E-state index in [0.717, 1.165) is 11.4 Å². The molecule has 29 heavy (non-hydrogen) atoms. The summed E-state index contributed by atoms with van der Waals surface area (Å²) in [5.74, 6) is -1.00. The van der Waals surface area contributed by atoms with Gasteiger partial charge in [0.15, 0.2) is 0 Å². The highest BCUT2D eigenvalue weighted by Crippen LogP contribution is 2.49. The molecule has 2 aromatic carbocycles. The first-order chi connectivity index (χ1) is 13.8. The van der Waals surface area contributed by atoms with Crippen molar-refractivity contribution in [3.63, 3.8) is 0 Å². The fourth-order valence-electron chi connectivity index (χ4n) is 4.95. The summed E-state index contributed by atoms with van der Waals surface area (Å²) in [5.41, 5.74) is 3.17. The lowest BCUT2D eigenvalue weighted by atomic mass is 9.65. The van der Waals surface area contributed by atoms with Gasteiger partial charge in [0.1, 0.15) is 0 Å². The molecule has 1 fully saturated rings. The lowest BCUT2D eigenvalue weighted by Gasteiger charge is -2.45. The lowest BCUT2D eigenvalue weighted by Crippen LogP contribution is -2.54. The summed E-state index contributed by atoms with van der Waals surface area (Å²) in [6.07, 6.45) is 1.90. The van der Waals surface area contributed by atoms with Gasteiger partial charge >= 0.3 is 0 Å². The Morgan fingerprint density at radius 2 is 1.83 bits per heavy atom. The largest absolute Gasteiger partial charge is 0.392 e. The standard InChI is InChI=1S/C23H25N3O3/c1-23(2)17(25-16-9-8-12-6-4-5-7-13(12)19(16)23)10-14-20(27)18(21(14)28)15-11-24-26(3)22(15)29/h4-11,14,18,20-21,24-25,27-28H,1-3H3. The molecule has 1 aliphatic heterocycles. The second kappa shape index (κ2) is 6.08. The van der Waals surface area contributed by atoms with Crippen molar-refractivity contribution in [2.45, 2.75) is 37.4 Å². The highest BCUT2D eigenvalue weighted by Gasteiger charge is 2.51. The van der Waals surface area contributed by atoms with Crippen molar-refractivity contribution < 1.29 is 10.2 Å². The van der Waals surface area contributed by atoms with Crippen molar-refractivity contribution in [3.05, 3.63) is 75.8 Å². The number of hydrogen-bond donors (Lipinski definition) is 4. The molecule has 0 radical (unpaired) electrons. The summed E-state index contributed by atoms with van der Waals surface area (Å²) in [6, 6.07) is 12.5. The molecular weight excluding hydrogens is 366 g/mol. The van der Waals surface area contributed by atoms with E-state index in [1.807, 2.05) is 18.2 Å². The maximum absolute atomic E-state index is 12.2. The van der Waals surface area contributed by atoms with Crippen LogP contribution in [0, 0.1) is 5.92 Å². The molecule has 0 amide bonds. The lowest BCUT2D eigenvalue weighted by molar-refractivity contribution is -0.0950. The van der Waals surface area contributed by atoms with E-state index < -0.39 is 24.0 Å². The quantitative estimate of drug-likeness (QED) is 0.541. The number of aromatic nitrogens is 2. The molecule has 6 nitrogen and oxygen atoms in total. The van der Waals surface area contributed by atoms with E-state index in [1.165, 1.54) is 21.0 Å². The van der Waals surface area contributed by atoms with Crippen molar-refractivity contribution >= 4 is 16.5 Å². The molecule has 2 unspecified atom stereocenters. The number of H-pyrrole nitrogens is 1. The van der Waals surface area contributed by atoms with Crippen LogP contribution in [0.3, 0.4) is 0 Å². The highest BCUT2D eigenvalue weighted by molar-refractivity contribution is 5.94. The van der Waals surface area contributed by atoms with Gasteiger partial charge in [0.05, 0.1) is 12.2 Å². The summed E-state index contributed by atoms with van der Waals surface area (Å²) in [4.78, 5) is 12.2. The van der Waals surface area contributed by atoms with Crippen molar-refractivity contribution in [3.8, 4) is 0 Å². The zero-order chi connectivity index (χ0) is 20.5. The van der Waals surface area contributed by atoms with E-state index in [0.29, 0.717) is 5.56 Å². The van der Waals surface area contributed by atoms with Gasteiger partial charge in [-0.15, -0.1) is 0 Å². The van der Waals surface area contributed by atoms with Crippen molar-refractivity contribution in [2.24, 2.45) is 13.0 Å². The normalized spacial score (nSPS) is 28.9. The van der Waals surface area contributed by atoms with Crippen molar-refractivity contribution in [1.29, 1.82) is 0 Å². The predicted octanol–water partition coefficient (Wildman–Crippen LogP) is 2.59. The number of nitrogens with zero attached hydrogens (tertiary/aromatic N) is 1. The number of benzene rings is 2. The Bertz CT molecular complexity index is 1190. The molecule has 0 spiro atoms. The minimum Gasteiger partial charge on any atom is -0.392 e. The van der Waals surface area contributed by atoms with E-state index in [4.69, 9.17) is 0 Å². The minimum absolute atomic E-state index is 0.211. The topological polar surface area (TPSA) is 90.3 Å². The van der Waals surface area contributed by atoms with Gasteiger partial charge in [0.2, 0.25) is 0 Å². The predicted molar refractivity (Wildman–Crippen MR) is 113 cm³/mol. The Morgan fingerprint density at radius 1 is 1.10 bits per heavy atom. The third-order valence-electron chi connectivity index (χ3n) is 6.70. The third kappa shape index (κ3) is 2.46. The average molecular weight is 391 g/mol. The Labute approximate surface area is 168 Å². The van der Waals surface area contributed by atoms with Gasteiger partial charge < -0.3 is 20.6 Å². The summed E-state index contributed by atoms with van der Waals surface area (Å²) in [6.45, 7) is 4.31. The summed E-state index contributed by atoms with van der Waals surface area (Å²) < 4.78 is 1.35. The van der Waals surface area contributed by atoms with Crippen LogP contribution < -0.4 is 10.9 Å². The molecule has 0 saturated heterocycles. The molecular formula is C23H25N3O3. The maximum atomic E-state index is 12.2. The number of aliphatic hydroxyl groups excluding tert-OH is 2. The second-order valence-electron chi connectivity index (χ2n) is 8.72. The Hall–Kier alpha value is -2.83. The van der Waals surface area contributed by atoms with E-state index in [1.54, 1.807) is 13.2 Å². The summed E-state index contributed by atoms with van der Waals surface area (Å²) in [5, 5.41) is 30.2. The van der Waals surface area contributed by atoms with Gasteiger partial charge in [-0.25, -0.2) is 0 Å². The number of aryl methyl sites for hydroxylation is 1. The number of aromatic amines is 1. The molecule has 2 heterocycles. The molecule has 1 aromatic heterocycles. The molecule has 0 bridgehead atoms. The van der Waals surface area contributed by atoms with Crippen LogP contribution in [-0.2, 0) is 12.5 Å². The molecule has 3 aromatic rings. The fraction of sp³-hybridized carbons (Fsp3) is 0.348. The highest BCUT2D eigenvalue weighted by atomic mass is 16.3. The van der Waals surface area contributed by atoms with Crippen LogP contribution in [0.4, 0.5) is 5.69 Å². The van der Waals surface area contributed by atoms with Gasteiger partial charge in [0, 0.05) is 47.4 Å². The third-order valence-corrected chi connectivity index (χ3v) is 6.70. The Kier molecular flexibility index (Phi) is 3.82. The first kappa shape index (κ1) is 18.2. The first-order valence-corrected chi connectivity index (χ1v) is 9.92. The van der Waals surface area contributed by atoms with Gasteiger partial charge in [-0.1, -0.05) is 50.3 Å². The van der Waals surface area contributed by atoms with Crippen LogP contribution in [0.5, 0.6) is 0 Å². The second-order valence-corrected chi connectivity index (χ2v) is 8.72. The van der Waals surface area contributed by atoms with Gasteiger partial charge in [0.25, 0.3) is 5.56 Å². The van der Waals surface area contributed by atoms with Gasteiger partial charge in [-0.2, -0.15) is 0 Å². The number of anilines is 1. The molecule has 6 heteroatoms. The monoisotopic (exact) mass is 391 g/mol. The molecule has 4 N–H and O–H groups in total. The average Bonchev–Trinajstić information content (AvgIpc) is 3.16. The van der Waals surface area contributed by atoms with E-state index in [9.17, 15) is 15.0 Å². The van der Waals surface area contributed by atoms with Crippen LogP contribution >= 0.6 is 0 Å². The molecule has 2 atom stereocenters. The smallest absolute Gasteiger partial charge is 0.269 e. The van der Waals surface area contributed by atoms with Crippen molar-refractivity contribution in [1.82, 2.24) is 9.78 Å². The van der Waals surface area contributed by atoms with Crippen LogP contribution in [-0.4, -0.2) is 32.2 Å². The van der Waals surface area contributed by atoms with E-state index >= 15 is 0 Å². The first-order valence-electron chi connectivity index (χ1n) is 9.92. The number of allylic oxidation sites excluding steroid dienone is 1. The fourth-order valence-corrected chi connectivity index (χ4v) is 4.95.